The van der Waals surface area contributed by atoms with Crippen LogP contribution in [0.2, 0.25) is 0 Å². The van der Waals surface area contributed by atoms with E-state index in [0.717, 1.165) is 30.5 Å². The highest BCUT2D eigenvalue weighted by Gasteiger charge is 2.32. The Balaban J connectivity index is 0.00000156. The molecule has 4 rings (SSSR count). The van der Waals surface area contributed by atoms with Gasteiger partial charge in [0.2, 0.25) is 0 Å². The molecule has 4 nitrogen and oxygen atoms in total. The number of carbonyl (C=O) groups excluding carboxylic acids is 1. The molecule has 124 valence electrons. The van der Waals surface area contributed by atoms with E-state index in [2.05, 4.69) is 25.2 Å². The fourth-order valence-electron chi connectivity index (χ4n) is 3.69. The van der Waals surface area contributed by atoms with E-state index >= 15 is 0 Å². The van der Waals surface area contributed by atoms with Crippen LogP contribution in [0.1, 0.15) is 40.9 Å². The lowest BCUT2D eigenvalue weighted by molar-refractivity contribution is 0.0718. The summed E-state index contributed by atoms with van der Waals surface area (Å²) in [6.45, 7) is 5.77. The van der Waals surface area contributed by atoms with Gasteiger partial charge in [0.25, 0.3) is 5.91 Å². The molecule has 0 radical (unpaired) electrons. The molecule has 2 aliphatic heterocycles. The van der Waals surface area contributed by atoms with Crippen LogP contribution < -0.4 is 5.32 Å². The topological polar surface area (TPSA) is 45.5 Å². The van der Waals surface area contributed by atoms with Crippen LogP contribution in [0.15, 0.2) is 22.6 Å². The second-order valence-electron chi connectivity index (χ2n) is 6.76. The third kappa shape index (κ3) is 2.98. The van der Waals surface area contributed by atoms with E-state index in [9.17, 15) is 4.79 Å². The van der Waals surface area contributed by atoms with E-state index in [4.69, 9.17) is 4.42 Å². The van der Waals surface area contributed by atoms with Crippen LogP contribution in [0.4, 0.5) is 0 Å². The summed E-state index contributed by atoms with van der Waals surface area (Å²) < 4.78 is 5.83. The first kappa shape index (κ1) is 16.3. The number of amides is 1. The maximum Gasteiger partial charge on any atom is 0.289 e. The van der Waals surface area contributed by atoms with E-state index in [1.165, 1.54) is 24.0 Å². The predicted octanol–water partition coefficient (Wildman–Crippen LogP) is 3.44. The first-order valence-electron chi connectivity index (χ1n) is 8.16. The van der Waals surface area contributed by atoms with Crippen molar-refractivity contribution in [2.75, 3.05) is 13.1 Å². The Morgan fingerprint density at radius 3 is 2.70 bits per heavy atom. The van der Waals surface area contributed by atoms with E-state index < -0.39 is 0 Å². The third-order valence-electron chi connectivity index (χ3n) is 5.15. The number of hydrogen-bond acceptors (Lipinski definition) is 3. The molecule has 1 aromatic carbocycles. The van der Waals surface area contributed by atoms with Crippen molar-refractivity contribution in [1.82, 2.24) is 10.2 Å². The Hall–Kier alpha value is -1.52. The average molecular weight is 335 g/mol. The molecule has 2 unspecified atom stereocenters. The van der Waals surface area contributed by atoms with Crippen LogP contribution in [-0.2, 0) is 0 Å². The van der Waals surface area contributed by atoms with Gasteiger partial charge in [-0.3, -0.25) is 4.79 Å². The van der Waals surface area contributed by atoms with Gasteiger partial charge in [-0.25, -0.2) is 0 Å². The zero-order valence-electron chi connectivity index (χ0n) is 13.6. The molecule has 1 aromatic heterocycles. The van der Waals surface area contributed by atoms with Crippen molar-refractivity contribution in [3.05, 3.63) is 35.1 Å². The zero-order valence-corrected chi connectivity index (χ0v) is 14.4. The van der Waals surface area contributed by atoms with Gasteiger partial charge in [0.05, 0.1) is 0 Å². The number of nitrogens with zero attached hydrogens (tertiary/aromatic N) is 1. The molecular formula is C18H23ClN2O2. The van der Waals surface area contributed by atoms with Gasteiger partial charge < -0.3 is 14.6 Å². The number of fused-ring (bicyclic) bond motifs is 3. The number of likely N-dealkylation sites (tertiary alicyclic amines) is 1. The highest BCUT2D eigenvalue weighted by molar-refractivity contribution is 5.96. The van der Waals surface area contributed by atoms with Gasteiger partial charge in [-0.2, -0.15) is 0 Å². The minimum atomic E-state index is 0. The standard InChI is InChI=1S/C18H22N2O2.ClH/c1-11-7-13-9-17(22-16(13)8-12(11)2)18(21)20-6-5-14-3-4-15(10-20)19-14;/h7-9,14-15,19H,3-6,10H2,1-2H3;1H. The highest BCUT2D eigenvalue weighted by atomic mass is 35.5. The smallest absolute Gasteiger partial charge is 0.289 e. The average Bonchev–Trinajstić information content (AvgIpc) is 3.02. The molecular weight excluding hydrogens is 312 g/mol. The number of hydrogen-bond donors (Lipinski definition) is 1. The van der Waals surface area contributed by atoms with Crippen molar-refractivity contribution < 1.29 is 9.21 Å². The molecule has 23 heavy (non-hydrogen) atoms. The number of benzene rings is 1. The molecule has 2 saturated heterocycles. The first-order chi connectivity index (χ1) is 10.6. The Labute approximate surface area is 142 Å². The normalized spacial score (nSPS) is 23.7. The molecule has 1 amide bonds. The lowest BCUT2D eigenvalue weighted by Crippen LogP contribution is -2.38. The van der Waals surface area contributed by atoms with Crippen LogP contribution in [0.5, 0.6) is 0 Å². The number of rotatable bonds is 1. The van der Waals surface area contributed by atoms with Gasteiger partial charge in [-0.15, -0.1) is 12.4 Å². The van der Waals surface area contributed by atoms with Gasteiger partial charge in [0, 0.05) is 30.6 Å². The minimum Gasteiger partial charge on any atom is -0.451 e. The Morgan fingerprint density at radius 2 is 1.87 bits per heavy atom. The number of halogens is 1. The lowest BCUT2D eigenvalue weighted by atomic mass is 10.1. The van der Waals surface area contributed by atoms with Crippen molar-refractivity contribution in [2.45, 2.75) is 45.2 Å². The van der Waals surface area contributed by atoms with E-state index in [1.807, 2.05) is 17.0 Å². The molecule has 3 heterocycles. The number of aryl methyl sites for hydroxylation is 2. The molecule has 2 fully saturated rings. The maximum atomic E-state index is 12.8. The highest BCUT2D eigenvalue weighted by Crippen LogP contribution is 2.26. The fourth-order valence-corrected chi connectivity index (χ4v) is 3.69. The SMILES string of the molecule is Cc1cc2cc(C(=O)N3CCC4CCC(C3)N4)oc2cc1C.Cl. The summed E-state index contributed by atoms with van der Waals surface area (Å²) in [5.74, 6) is 0.499. The molecule has 2 atom stereocenters. The van der Waals surface area contributed by atoms with Gasteiger partial charge >= 0.3 is 0 Å². The van der Waals surface area contributed by atoms with Crippen molar-refractivity contribution in [1.29, 1.82) is 0 Å². The predicted molar refractivity (Wildman–Crippen MR) is 93.4 cm³/mol. The molecule has 0 spiro atoms. The van der Waals surface area contributed by atoms with Crippen LogP contribution in [0.25, 0.3) is 11.0 Å². The Morgan fingerprint density at radius 1 is 1.13 bits per heavy atom. The van der Waals surface area contributed by atoms with Crippen LogP contribution in [0.3, 0.4) is 0 Å². The summed E-state index contributed by atoms with van der Waals surface area (Å²) in [4.78, 5) is 14.7. The molecule has 2 aliphatic rings. The van der Waals surface area contributed by atoms with Gasteiger partial charge in [0.1, 0.15) is 5.58 Å². The summed E-state index contributed by atoms with van der Waals surface area (Å²) in [6.07, 6.45) is 3.46. The minimum absolute atomic E-state index is 0. The summed E-state index contributed by atoms with van der Waals surface area (Å²) in [6, 6.07) is 7.04. The Bertz CT molecular complexity index is 701. The maximum absolute atomic E-state index is 12.8. The summed E-state index contributed by atoms with van der Waals surface area (Å²) >= 11 is 0. The van der Waals surface area contributed by atoms with Gasteiger partial charge in [-0.05, 0) is 62.4 Å². The van der Waals surface area contributed by atoms with Gasteiger partial charge in [-0.1, -0.05) is 0 Å². The van der Waals surface area contributed by atoms with Crippen molar-refractivity contribution in [2.24, 2.45) is 0 Å². The van der Waals surface area contributed by atoms with Gasteiger partial charge in [0.15, 0.2) is 5.76 Å². The number of furan rings is 1. The molecule has 0 aliphatic carbocycles. The molecule has 0 saturated carbocycles. The number of carbonyl (C=O) groups is 1. The summed E-state index contributed by atoms with van der Waals surface area (Å²) in [5, 5.41) is 4.62. The zero-order chi connectivity index (χ0) is 15.3. The summed E-state index contributed by atoms with van der Waals surface area (Å²) in [7, 11) is 0. The number of nitrogens with one attached hydrogen (secondary N) is 1. The summed E-state index contributed by atoms with van der Waals surface area (Å²) in [5.41, 5.74) is 3.22. The van der Waals surface area contributed by atoms with Crippen LogP contribution in [0, 0.1) is 13.8 Å². The van der Waals surface area contributed by atoms with E-state index in [1.54, 1.807) is 0 Å². The Kier molecular flexibility index (Phi) is 4.39. The molecule has 5 heteroatoms. The first-order valence-corrected chi connectivity index (χ1v) is 8.16. The molecule has 2 bridgehead atoms. The van der Waals surface area contributed by atoms with Crippen molar-refractivity contribution in [3.8, 4) is 0 Å². The largest absolute Gasteiger partial charge is 0.451 e. The quantitative estimate of drug-likeness (QED) is 0.869. The monoisotopic (exact) mass is 334 g/mol. The van der Waals surface area contributed by atoms with E-state index in [-0.39, 0.29) is 18.3 Å². The van der Waals surface area contributed by atoms with Crippen molar-refractivity contribution >= 4 is 29.3 Å². The van der Waals surface area contributed by atoms with Crippen molar-refractivity contribution in [3.63, 3.8) is 0 Å². The second kappa shape index (κ2) is 6.17. The van der Waals surface area contributed by atoms with Crippen LogP contribution in [-0.4, -0.2) is 36.0 Å². The fraction of sp³-hybridized carbons (Fsp3) is 0.500. The third-order valence-corrected chi connectivity index (χ3v) is 5.15. The van der Waals surface area contributed by atoms with Crippen LogP contribution >= 0.6 is 12.4 Å². The van der Waals surface area contributed by atoms with E-state index in [0.29, 0.717) is 17.8 Å². The molecule has 1 N–H and O–H groups in total. The molecule has 2 aromatic rings. The lowest BCUT2D eigenvalue weighted by Gasteiger charge is -2.23. The second-order valence-corrected chi connectivity index (χ2v) is 6.76.